The maximum absolute atomic E-state index is 6.15. The van der Waals surface area contributed by atoms with Crippen LogP contribution in [-0.4, -0.2) is 0 Å². The molecule has 1 aromatic rings. The highest BCUT2D eigenvalue weighted by Crippen LogP contribution is 2.19. The molecule has 2 rings (SSSR count). The number of benzene rings is 1. The Morgan fingerprint density at radius 2 is 1.86 bits per heavy atom. The Morgan fingerprint density at radius 3 is 2.50 bits per heavy atom. The number of hydrogen-bond acceptors (Lipinski definition) is 3. The average molecular weight is 187 g/mol. The van der Waals surface area contributed by atoms with E-state index in [0.29, 0.717) is 5.82 Å². The molecule has 1 aromatic carbocycles. The first-order valence-electron chi connectivity index (χ1n) is 4.48. The Labute approximate surface area is 83.1 Å². The summed E-state index contributed by atoms with van der Waals surface area (Å²) in [6.45, 7) is 0. The summed E-state index contributed by atoms with van der Waals surface area (Å²) in [5.74, 6) is 0.582. The van der Waals surface area contributed by atoms with Crippen LogP contribution in [0.1, 0.15) is 5.56 Å². The van der Waals surface area contributed by atoms with Crippen LogP contribution in [-0.2, 0) is 5.66 Å². The van der Waals surface area contributed by atoms with Gasteiger partial charge in [-0.15, -0.1) is 0 Å². The number of hydrogen-bond donors (Lipinski definition) is 3. The molecule has 1 unspecified atom stereocenters. The minimum absolute atomic E-state index is 0.582. The highest BCUT2D eigenvalue weighted by atomic mass is 15.2. The molecule has 3 heteroatoms. The molecular weight excluding hydrogens is 174 g/mol. The standard InChI is InChI=1S/C11H13N3/c12-10-7-4-8-11(13,14-10)9-5-2-1-3-6-9/h1-8,14H,12-13H2. The first-order valence-corrected chi connectivity index (χ1v) is 4.48. The molecule has 0 fully saturated rings. The quantitative estimate of drug-likeness (QED) is 0.608. The summed E-state index contributed by atoms with van der Waals surface area (Å²) < 4.78 is 0. The molecule has 1 aliphatic heterocycles. The van der Waals surface area contributed by atoms with E-state index in [1.54, 1.807) is 6.08 Å². The Balaban J connectivity index is 2.35. The van der Waals surface area contributed by atoms with Gasteiger partial charge in [0, 0.05) is 0 Å². The van der Waals surface area contributed by atoms with E-state index in [9.17, 15) is 0 Å². The molecule has 5 N–H and O–H groups in total. The predicted octanol–water partition coefficient (Wildman–Crippen LogP) is 0.758. The van der Waals surface area contributed by atoms with Gasteiger partial charge >= 0.3 is 0 Å². The summed E-state index contributed by atoms with van der Waals surface area (Å²) >= 11 is 0. The molecule has 3 nitrogen and oxygen atoms in total. The van der Waals surface area contributed by atoms with E-state index < -0.39 is 5.66 Å². The number of nitrogens with one attached hydrogen (secondary N) is 1. The third-order valence-electron chi connectivity index (χ3n) is 2.24. The van der Waals surface area contributed by atoms with Crippen LogP contribution in [0.2, 0.25) is 0 Å². The summed E-state index contributed by atoms with van der Waals surface area (Å²) in [5, 5.41) is 3.04. The minimum atomic E-state index is -0.680. The highest BCUT2D eigenvalue weighted by molar-refractivity contribution is 5.34. The molecule has 72 valence electrons. The second kappa shape index (κ2) is 3.20. The summed E-state index contributed by atoms with van der Waals surface area (Å²) in [5.41, 5.74) is 12.1. The van der Waals surface area contributed by atoms with Crippen molar-refractivity contribution in [1.29, 1.82) is 0 Å². The molecule has 1 aliphatic rings. The Kier molecular flexibility index (Phi) is 2.02. The van der Waals surface area contributed by atoms with E-state index in [1.165, 1.54) is 0 Å². The topological polar surface area (TPSA) is 64.1 Å². The van der Waals surface area contributed by atoms with Gasteiger partial charge in [0.05, 0.1) is 5.82 Å². The van der Waals surface area contributed by atoms with Crippen molar-refractivity contribution in [2.24, 2.45) is 11.5 Å². The molecular formula is C11H13N3. The van der Waals surface area contributed by atoms with E-state index in [4.69, 9.17) is 11.5 Å². The first kappa shape index (κ1) is 8.84. The Bertz CT molecular complexity index is 381. The van der Waals surface area contributed by atoms with E-state index in [0.717, 1.165) is 5.56 Å². The molecule has 0 saturated heterocycles. The van der Waals surface area contributed by atoms with Gasteiger partial charge in [0.25, 0.3) is 0 Å². The fraction of sp³-hybridized carbons (Fsp3) is 0.0909. The molecule has 0 saturated carbocycles. The van der Waals surface area contributed by atoms with E-state index in [-0.39, 0.29) is 0 Å². The summed E-state index contributed by atoms with van der Waals surface area (Å²) in [4.78, 5) is 0. The van der Waals surface area contributed by atoms with Crippen LogP contribution < -0.4 is 16.8 Å². The average Bonchev–Trinajstić information content (AvgIpc) is 2.19. The van der Waals surface area contributed by atoms with Gasteiger partial charge in [0.2, 0.25) is 0 Å². The first-order chi connectivity index (χ1) is 6.71. The molecule has 0 bridgehead atoms. The number of nitrogens with two attached hydrogens (primary N) is 2. The van der Waals surface area contributed by atoms with Crippen molar-refractivity contribution >= 4 is 0 Å². The van der Waals surface area contributed by atoms with Gasteiger partial charge in [0.1, 0.15) is 5.66 Å². The molecule has 1 atom stereocenters. The lowest BCUT2D eigenvalue weighted by atomic mass is 9.98. The number of rotatable bonds is 1. The lowest BCUT2D eigenvalue weighted by Gasteiger charge is -2.31. The largest absolute Gasteiger partial charge is 0.385 e. The lowest BCUT2D eigenvalue weighted by molar-refractivity contribution is 0.471. The Hall–Kier alpha value is -1.74. The zero-order valence-corrected chi connectivity index (χ0v) is 7.77. The van der Waals surface area contributed by atoms with Crippen molar-refractivity contribution in [3.63, 3.8) is 0 Å². The van der Waals surface area contributed by atoms with Crippen molar-refractivity contribution in [3.8, 4) is 0 Å². The van der Waals surface area contributed by atoms with Gasteiger partial charge in [-0.1, -0.05) is 36.4 Å². The molecule has 0 aliphatic carbocycles. The van der Waals surface area contributed by atoms with Gasteiger partial charge in [-0.2, -0.15) is 0 Å². The number of dihydropyridines is 1. The second-order valence-electron chi connectivity index (χ2n) is 3.34. The monoisotopic (exact) mass is 187 g/mol. The number of allylic oxidation sites excluding steroid dienone is 2. The summed E-state index contributed by atoms with van der Waals surface area (Å²) in [6.07, 6.45) is 5.53. The SMILES string of the molecule is NC1=CC=CC(N)(c2ccccc2)N1. The summed E-state index contributed by atoms with van der Waals surface area (Å²) in [6, 6.07) is 9.80. The van der Waals surface area contributed by atoms with Gasteiger partial charge < -0.3 is 16.8 Å². The molecule has 14 heavy (non-hydrogen) atoms. The van der Waals surface area contributed by atoms with Crippen LogP contribution in [0.3, 0.4) is 0 Å². The van der Waals surface area contributed by atoms with Crippen molar-refractivity contribution in [1.82, 2.24) is 5.32 Å². The fourth-order valence-electron chi connectivity index (χ4n) is 1.51. The maximum atomic E-state index is 6.15. The molecule has 0 amide bonds. The normalized spacial score (nSPS) is 25.4. The van der Waals surface area contributed by atoms with Gasteiger partial charge in [0.15, 0.2) is 0 Å². The van der Waals surface area contributed by atoms with Crippen molar-refractivity contribution in [2.45, 2.75) is 5.66 Å². The zero-order valence-electron chi connectivity index (χ0n) is 7.77. The third-order valence-corrected chi connectivity index (χ3v) is 2.24. The fourth-order valence-corrected chi connectivity index (χ4v) is 1.51. The predicted molar refractivity (Wildman–Crippen MR) is 56.9 cm³/mol. The molecule has 1 heterocycles. The van der Waals surface area contributed by atoms with Crippen LogP contribution in [0, 0.1) is 0 Å². The zero-order chi connectivity index (χ0) is 10.0. The van der Waals surface area contributed by atoms with Crippen LogP contribution in [0.15, 0.2) is 54.4 Å². The van der Waals surface area contributed by atoms with Crippen LogP contribution in [0.5, 0.6) is 0 Å². The van der Waals surface area contributed by atoms with Crippen LogP contribution in [0.25, 0.3) is 0 Å². The van der Waals surface area contributed by atoms with Crippen molar-refractivity contribution in [2.75, 3.05) is 0 Å². The van der Waals surface area contributed by atoms with Crippen LogP contribution >= 0.6 is 0 Å². The maximum Gasteiger partial charge on any atom is 0.133 e. The van der Waals surface area contributed by atoms with Gasteiger partial charge in [-0.05, 0) is 17.7 Å². The van der Waals surface area contributed by atoms with Crippen LogP contribution in [0.4, 0.5) is 0 Å². The minimum Gasteiger partial charge on any atom is -0.385 e. The van der Waals surface area contributed by atoms with Gasteiger partial charge in [-0.3, -0.25) is 0 Å². The molecule has 0 aromatic heterocycles. The van der Waals surface area contributed by atoms with E-state index in [2.05, 4.69) is 5.32 Å². The lowest BCUT2D eigenvalue weighted by Crippen LogP contribution is -2.50. The highest BCUT2D eigenvalue weighted by Gasteiger charge is 2.25. The molecule has 0 spiro atoms. The van der Waals surface area contributed by atoms with Gasteiger partial charge in [-0.25, -0.2) is 0 Å². The second-order valence-corrected chi connectivity index (χ2v) is 3.34. The Morgan fingerprint density at radius 1 is 1.14 bits per heavy atom. The van der Waals surface area contributed by atoms with Crippen molar-refractivity contribution < 1.29 is 0 Å². The third kappa shape index (κ3) is 1.49. The molecule has 0 radical (unpaired) electrons. The van der Waals surface area contributed by atoms with Crippen molar-refractivity contribution in [3.05, 3.63) is 59.9 Å². The smallest absolute Gasteiger partial charge is 0.133 e. The van der Waals surface area contributed by atoms with E-state index in [1.807, 2.05) is 42.5 Å². The van der Waals surface area contributed by atoms with E-state index >= 15 is 0 Å². The summed E-state index contributed by atoms with van der Waals surface area (Å²) in [7, 11) is 0.